The van der Waals surface area contributed by atoms with Crippen molar-refractivity contribution >= 4 is 0 Å². The Labute approximate surface area is 150 Å². The number of hydrogen-bond acceptors (Lipinski definition) is 2. The third-order valence-electron chi connectivity index (χ3n) is 4.50. The molecule has 1 rings (SSSR count). The normalized spacial score (nSPS) is 10.9. The first-order chi connectivity index (χ1) is 11.9. The van der Waals surface area contributed by atoms with Crippen molar-refractivity contribution in [2.45, 2.75) is 91.0 Å². The van der Waals surface area contributed by atoms with Crippen molar-refractivity contribution in [1.29, 1.82) is 0 Å². The molecule has 0 aliphatic rings. The van der Waals surface area contributed by atoms with Crippen LogP contribution in [0, 0.1) is 0 Å². The first-order valence-corrected chi connectivity index (χ1v) is 10.3. The Hall–Kier alpha value is -1.02. The lowest BCUT2D eigenvalue weighted by molar-refractivity contribution is 0.301. The van der Waals surface area contributed by atoms with Crippen LogP contribution in [0.3, 0.4) is 0 Å². The molecule has 0 amide bonds. The van der Waals surface area contributed by atoms with Crippen LogP contribution in [0.15, 0.2) is 24.3 Å². The second-order valence-electron chi connectivity index (χ2n) is 6.81. The molecule has 138 valence electrons. The summed E-state index contributed by atoms with van der Waals surface area (Å²) in [4.78, 5) is 0. The first kappa shape index (κ1) is 21.0. The van der Waals surface area contributed by atoms with Gasteiger partial charge >= 0.3 is 0 Å². The molecule has 1 aromatic carbocycles. The van der Waals surface area contributed by atoms with Crippen molar-refractivity contribution in [2.75, 3.05) is 13.2 Å². The van der Waals surface area contributed by atoms with Gasteiger partial charge in [-0.25, -0.2) is 0 Å². The minimum atomic E-state index is 0.845. The second kappa shape index (κ2) is 15.5. The summed E-state index contributed by atoms with van der Waals surface area (Å²) in [5, 5.41) is 3.57. The highest BCUT2D eigenvalue weighted by molar-refractivity contribution is 5.33. The molecule has 1 N–H and O–H groups in total. The molecule has 0 fully saturated rings. The van der Waals surface area contributed by atoms with E-state index in [9.17, 15) is 0 Å². The molecule has 0 aromatic heterocycles. The Bertz CT molecular complexity index is 391. The van der Waals surface area contributed by atoms with E-state index in [1.54, 1.807) is 0 Å². The molecule has 24 heavy (non-hydrogen) atoms. The SMILES string of the molecule is CCCCCCCCNCc1ccccc1OCCCCCCC. The highest BCUT2D eigenvalue weighted by atomic mass is 16.5. The van der Waals surface area contributed by atoms with Crippen molar-refractivity contribution < 1.29 is 4.74 Å². The molecule has 0 saturated heterocycles. The molecule has 0 radical (unpaired) electrons. The van der Waals surface area contributed by atoms with Gasteiger partial charge < -0.3 is 10.1 Å². The summed E-state index contributed by atoms with van der Waals surface area (Å²) >= 11 is 0. The maximum atomic E-state index is 6.00. The lowest BCUT2D eigenvalue weighted by atomic mass is 10.1. The van der Waals surface area contributed by atoms with Gasteiger partial charge in [0.05, 0.1) is 6.61 Å². The largest absolute Gasteiger partial charge is 0.493 e. The molecule has 0 aliphatic carbocycles. The zero-order valence-corrected chi connectivity index (χ0v) is 16.1. The fraction of sp³-hybridized carbons (Fsp3) is 0.727. The van der Waals surface area contributed by atoms with Crippen LogP contribution in [0.5, 0.6) is 5.75 Å². The van der Waals surface area contributed by atoms with Crippen molar-refractivity contribution in [1.82, 2.24) is 5.32 Å². The predicted octanol–water partition coefficient (Wildman–Crippen LogP) is 6.49. The summed E-state index contributed by atoms with van der Waals surface area (Å²) in [7, 11) is 0. The van der Waals surface area contributed by atoms with E-state index in [0.29, 0.717) is 0 Å². The molecule has 2 heteroatoms. The number of nitrogens with one attached hydrogen (secondary N) is 1. The zero-order chi connectivity index (χ0) is 17.3. The molecule has 0 spiro atoms. The van der Waals surface area contributed by atoms with E-state index in [1.165, 1.54) is 76.2 Å². The topological polar surface area (TPSA) is 21.3 Å². The molecule has 0 heterocycles. The van der Waals surface area contributed by atoms with Gasteiger partial charge in [0.15, 0.2) is 0 Å². The average molecular weight is 334 g/mol. The van der Waals surface area contributed by atoms with E-state index < -0.39 is 0 Å². The predicted molar refractivity (Wildman–Crippen MR) is 106 cm³/mol. The van der Waals surface area contributed by atoms with Crippen molar-refractivity contribution in [2.24, 2.45) is 0 Å². The Morgan fingerprint density at radius 1 is 0.750 bits per heavy atom. The van der Waals surface area contributed by atoms with E-state index in [-0.39, 0.29) is 0 Å². The molecule has 0 saturated carbocycles. The van der Waals surface area contributed by atoms with Gasteiger partial charge in [0.2, 0.25) is 0 Å². The number of rotatable bonds is 16. The number of unbranched alkanes of at least 4 members (excludes halogenated alkanes) is 9. The molecule has 2 nitrogen and oxygen atoms in total. The maximum Gasteiger partial charge on any atom is 0.123 e. The van der Waals surface area contributed by atoms with Gasteiger partial charge in [0.25, 0.3) is 0 Å². The fourth-order valence-corrected chi connectivity index (χ4v) is 2.93. The van der Waals surface area contributed by atoms with Crippen LogP contribution in [0.25, 0.3) is 0 Å². The Morgan fingerprint density at radius 2 is 1.38 bits per heavy atom. The molecule has 0 atom stereocenters. The smallest absolute Gasteiger partial charge is 0.123 e. The minimum Gasteiger partial charge on any atom is -0.493 e. The standard InChI is InChI=1S/C22H39NO/c1-3-5-7-9-10-14-18-23-20-21-16-12-13-17-22(21)24-19-15-11-8-6-4-2/h12-13,16-17,23H,3-11,14-15,18-20H2,1-2H3. The van der Waals surface area contributed by atoms with Crippen LogP contribution in [0.1, 0.15) is 90.0 Å². The summed E-state index contributed by atoms with van der Waals surface area (Å²) in [5.41, 5.74) is 1.29. The number of hydrogen-bond donors (Lipinski definition) is 1. The van der Waals surface area contributed by atoms with Crippen molar-refractivity contribution in [3.05, 3.63) is 29.8 Å². The van der Waals surface area contributed by atoms with Crippen LogP contribution >= 0.6 is 0 Å². The van der Waals surface area contributed by atoms with Crippen LogP contribution < -0.4 is 10.1 Å². The average Bonchev–Trinajstić information content (AvgIpc) is 2.61. The summed E-state index contributed by atoms with van der Waals surface area (Å²) in [6, 6.07) is 8.47. The summed E-state index contributed by atoms with van der Waals surface area (Å²) in [6.07, 6.45) is 14.6. The fourth-order valence-electron chi connectivity index (χ4n) is 2.93. The summed E-state index contributed by atoms with van der Waals surface area (Å²) in [5.74, 6) is 1.06. The van der Waals surface area contributed by atoms with E-state index in [4.69, 9.17) is 4.74 Å². The van der Waals surface area contributed by atoms with E-state index in [0.717, 1.165) is 25.4 Å². The van der Waals surface area contributed by atoms with E-state index in [2.05, 4.69) is 43.4 Å². The lowest BCUT2D eigenvalue weighted by Crippen LogP contribution is -2.15. The van der Waals surface area contributed by atoms with Crippen molar-refractivity contribution in [3.8, 4) is 5.75 Å². The Kier molecular flexibility index (Phi) is 13.6. The minimum absolute atomic E-state index is 0.845. The van der Waals surface area contributed by atoms with Gasteiger partial charge in [0.1, 0.15) is 5.75 Å². The van der Waals surface area contributed by atoms with Crippen LogP contribution in [0.2, 0.25) is 0 Å². The van der Waals surface area contributed by atoms with Gasteiger partial charge in [-0.05, 0) is 25.5 Å². The molecule has 0 unspecified atom stereocenters. The Balaban J connectivity index is 2.14. The van der Waals surface area contributed by atoms with Crippen molar-refractivity contribution in [3.63, 3.8) is 0 Å². The molecule has 0 bridgehead atoms. The number of benzene rings is 1. The highest BCUT2D eigenvalue weighted by Gasteiger charge is 2.02. The Morgan fingerprint density at radius 3 is 2.12 bits per heavy atom. The second-order valence-corrected chi connectivity index (χ2v) is 6.81. The van der Waals surface area contributed by atoms with Gasteiger partial charge in [0, 0.05) is 12.1 Å². The zero-order valence-electron chi connectivity index (χ0n) is 16.1. The maximum absolute atomic E-state index is 6.00. The monoisotopic (exact) mass is 333 g/mol. The highest BCUT2D eigenvalue weighted by Crippen LogP contribution is 2.18. The van der Waals surface area contributed by atoms with Crippen LogP contribution in [-0.4, -0.2) is 13.2 Å². The molecular formula is C22H39NO. The summed E-state index contributed by atoms with van der Waals surface area (Å²) < 4.78 is 6.00. The molecule has 0 aliphatic heterocycles. The molecular weight excluding hydrogens is 294 g/mol. The van der Waals surface area contributed by atoms with Crippen LogP contribution in [0.4, 0.5) is 0 Å². The van der Waals surface area contributed by atoms with Gasteiger partial charge in [-0.15, -0.1) is 0 Å². The third kappa shape index (κ3) is 10.7. The molecule has 1 aromatic rings. The van der Waals surface area contributed by atoms with E-state index in [1.807, 2.05) is 0 Å². The van der Waals surface area contributed by atoms with Gasteiger partial charge in [-0.2, -0.15) is 0 Å². The van der Waals surface area contributed by atoms with Gasteiger partial charge in [-0.3, -0.25) is 0 Å². The van der Waals surface area contributed by atoms with Gasteiger partial charge in [-0.1, -0.05) is 89.8 Å². The van der Waals surface area contributed by atoms with Crippen LogP contribution in [-0.2, 0) is 6.54 Å². The quantitative estimate of drug-likeness (QED) is 0.349. The lowest BCUT2D eigenvalue weighted by Gasteiger charge is -2.12. The summed E-state index contributed by atoms with van der Waals surface area (Å²) in [6.45, 7) is 7.40. The number of para-hydroxylation sites is 1. The third-order valence-corrected chi connectivity index (χ3v) is 4.50. The van der Waals surface area contributed by atoms with E-state index >= 15 is 0 Å². The first-order valence-electron chi connectivity index (χ1n) is 10.3. The number of ether oxygens (including phenoxy) is 1.